The van der Waals surface area contributed by atoms with Crippen molar-refractivity contribution in [2.45, 2.75) is 26.3 Å². The molecule has 0 atom stereocenters. The predicted molar refractivity (Wildman–Crippen MR) is 69.4 cm³/mol. The van der Waals surface area contributed by atoms with Crippen molar-refractivity contribution >= 4 is 5.96 Å². The Labute approximate surface area is 106 Å². The summed E-state index contributed by atoms with van der Waals surface area (Å²) >= 11 is 0. The van der Waals surface area contributed by atoms with E-state index in [-0.39, 0.29) is 12.4 Å². The minimum atomic E-state index is -0.376. The van der Waals surface area contributed by atoms with Gasteiger partial charge >= 0.3 is 0 Å². The van der Waals surface area contributed by atoms with Gasteiger partial charge in [-0.25, -0.2) is 9.38 Å². The molecule has 0 heterocycles. The summed E-state index contributed by atoms with van der Waals surface area (Å²) in [4.78, 5) is 4.04. The standard InChI is InChI=1S/C13H17FN4/c1-2-3-6-17-13(16)18-9-11-7-10(8-15)4-5-12(11)14/h4-5,7H,2-3,6,9H2,1H3,(H3,16,17,18). The number of guanidine groups is 1. The molecule has 0 saturated carbocycles. The van der Waals surface area contributed by atoms with E-state index in [1.54, 1.807) is 0 Å². The predicted octanol–water partition coefficient (Wildman–Crippen LogP) is 1.90. The molecule has 1 rings (SSSR count). The van der Waals surface area contributed by atoms with Gasteiger partial charge in [0.25, 0.3) is 0 Å². The summed E-state index contributed by atoms with van der Waals surface area (Å²) in [5.74, 6) is -0.0793. The Balaban J connectivity index is 2.62. The Morgan fingerprint density at radius 2 is 2.33 bits per heavy atom. The summed E-state index contributed by atoms with van der Waals surface area (Å²) in [6.45, 7) is 2.97. The van der Waals surface area contributed by atoms with Crippen LogP contribution >= 0.6 is 0 Å². The number of halogens is 1. The summed E-state index contributed by atoms with van der Waals surface area (Å²) in [5.41, 5.74) is 6.42. The first-order valence-corrected chi connectivity index (χ1v) is 5.89. The van der Waals surface area contributed by atoms with E-state index < -0.39 is 0 Å². The highest BCUT2D eigenvalue weighted by atomic mass is 19.1. The highest BCUT2D eigenvalue weighted by molar-refractivity contribution is 5.77. The van der Waals surface area contributed by atoms with E-state index in [0.29, 0.717) is 17.1 Å². The molecule has 3 N–H and O–H groups in total. The number of nitrogens with one attached hydrogen (secondary N) is 1. The third kappa shape index (κ3) is 4.42. The second kappa shape index (κ2) is 7.28. The van der Waals surface area contributed by atoms with Gasteiger partial charge in [-0.15, -0.1) is 0 Å². The Morgan fingerprint density at radius 1 is 1.56 bits per heavy atom. The SMILES string of the molecule is CCCCNC(N)=NCc1cc(C#N)ccc1F. The van der Waals surface area contributed by atoms with E-state index >= 15 is 0 Å². The third-order valence-corrected chi connectivity index (χ3v) is 2.43. The topological polar surface area (TPSA) is 74.2 Å². The minimum Gasteiger partial charge on any atom is -0.370 e. The first-order chi connectivity index (χ1) is 8.67. The van der Waals surface area contributed by atoms with Crippen LogP contribution in [0.3, 0.4) is 0 Å². The molecule has 0 fully saturated rings. The van der Waals surface area contributed by atoms with Gasteiger partial charge in [0, 0.05) is 12.1 Å². The minimum absolute atomic E-state index is 0.131. The van der Waals surface area contributed by atoms with Crippen LogP contribution in [0.15, 0.2) is 23.2 Å². The van der Waals surface area contributed by atoms with E-state index in [0.717, 1.165) is 19.4 Å². The summed E-state index contributed by atoms with van der Waals surface area (Å²) in [5, 5.41) is 11.7. The van der Waals surface area contributed by atoms with Crippen molar-refractivity contribution in [3.8, 4) is 6.07 Å². The fourth-order valence-electron chi connectivity index (χ4n) is 1.38. The fourth-order valence-corrected chi connectivity index (χ4v) is 1.38. The van der Waals surface area contributed by atoms with E-state index in [1.165, 1.54) is 18.2 Å². The molecule has 0 unspecified atom stereocenters. The first-order valence-electron chi connectivity index (χ1n) is 5.89. The lowest BCUT2D eigenvalue weighted by atomic mass is 10.1. The van der Waals surface area contributed by atoms with Gasteiger partial charge in [0.1, 0.15) is 5.82 Å². The fraction of sp³-hybridized carbons (Fsp3) is 0.385. The molecule has 0 saturated heterocycles. The van der Waals surface area contributed by atoms with Crippen LogP contribution in [-0.4, -0.2) is 12.5 Å². The summed E-state index contributed by atoms with van der Waals surface area (Å²) in [6.07, 6.45) is 2.08. The molecule has 0 bridgehead atoms. The Morgan fingerprint density at radius 3 is 3.00 bits per heavy atom. The van der Waals surface area contributed by atoms with Crippen LogP contribution in [0.2, 0.25) is 0 Å². The van der Waals surface area contributed by atoms with Crippen LogP contribution < -0.4 is 11.1 Å². The molecular weight excluding hydrogens is 231 g/mol. The molecule has 96 valence electrons. The van der Waals surface area contributed by atoms with E-state index in [4.69, 9.17) is 11.0 Å². The van der Waals surface area contributed by atoms with E-state index in [9.17, 15) is 4.39 Å². The van der Waals surface area contributed by atoms with Gasteiger partial charge in [0.15, 0.2) is 5.96 Å². The Kier molecular flexibility index (Phi) is 5.65. The molecule has 0 aliphatic heterocycles. The summed E-state index contributed by atoms with van der Waals surface area (Å²) in [7, 11) is 0. The molecule has 0 aliphatic rings. The van der Waals surface area contributed by atoms with Crippen molar-refractivity contribution in [2.75, 3.05) is 6.54 Å². The van der Waals surface area contributed by atoms with Gasteiger partial charge in [-0.05, 0) is 24.6 Å². The zero-order valence-electron chi connectivity index (χ0n) is 10.4. The normalized spacial score (nSPS) is 11.1. The highest BCUT2D eigenvalue weighted by Crippen LogP contribution is 2.11. The second-order valence-corrected chi connectivity index (χ2v) is 3.90. The number of rotatable bonds is 5. The summed E-state index contributed by atoms with van der Waals surface area (Å²) < 4.78 is 13.4. The maximum Gasteiger partial charge on any atom is 0.188 e. The van der Waals surface area contributed by atoms with Crippen molar-refractivity contribution in [3.05, 3.63) is 35.1 Å². The number of aliphatic imine (C=N–C) groups is 1. The lowest BCUT2D eigenvalue weighted by molar-refractivity contribution is 0.610. The zero-order chi connectivity index (χ0) is 13.4. The van der Waals surface area contributed by atoms with Crippen LogP contribution in [0.4, 0.5) is 4.39 Å². The lowest BCUT2D eigenvalue weighted by Gasteiger charge is -2.05. The number of hydrogen-bond donors (Lipinski definition) is 2. The Bertz CT molecular complexity index is 463. The number of nitrogens with zero attached hydrogens (tertiary/aromatic N) is 2. The Hall–Kier alpha value is -2.09. The maximum absolute atomic E-state index is 13.4. The molecule has 4 nitrogen and oxygen atoms in total. The molecular formula is C13H17FN4. The van der Waals surface area contributed by atoms with Crippen LogP contribution in [0.25, 0.3) is 0 Å². The first kappa shape index (κ1) is 14.0. The van der Waals surface area contributed by atoms with Crippen molar-refractivity contribution in [1.29, 1.82) is 5.26 Å². The van der Waals surface area contributed by atoms with Crippen molar-refractivity contribution in [2.24, 2.45) is 10.7 Å². The van der Waals surface area contributed by atoms with Gasteiger partial charge < -0.3 is 11.1 Å². The lowest BCUT2D eigenvalue weighted by Crippen LogP contribution is -2.32. The van der Waals surface area contributed by atoms with E-state index in [1.807, 2.05) is 6.07 Å². The monoisotopic (exact) mass is 248 g/mol. The van der Waals surface area contributed by atoms with Gasteiger partial charge in [-0.2, -0.15) is 5.26 Å². The quantitative estimate of drug-likeness (QED) is 0.475. The van der Waals surface area contributed by atoms with Gasteiger partial charge in [-0.1, -0.05) is 13.3 Å². The molecule has 0 spiro atoms. The smallest absolute Gasteiger partial charge is 0.188 e. The molecule has 5 heteroatoms. The maximum atomic E-state index is 13.4. The molecule has 0 aliphatic carbocycles. The summed E-state index contributed by atoms with van der Waals surface area (Å²) in [6, 6.07) is 6.15. The number of unbranched alkanes of at least 4 members (excludes halogenated alkanes) is 1. The number of benzene rings is 1. The molecule has 18 heavy (non-hydrogen) atoms. The van der Waals surface area contributed by atoms with Crippen LogP contribution in [0.1, 0.15) is 30.9 Å². The van der Waals surface area contributed by atoms with Crippen LogP contribution in [0, 0.1) is 17.1 Å². The molecule has 1 aromatic rings. The van der Waals surface area contributed by atoms with Gasteiger partial charge in [0.2, 0.25) is 0 Å². The number of nitriles is 1. The second-order valence-electron chi connectivity index (χ2n) is 3.90. The van der Waals surface area contributed by atoms with Crippen molar-refractivity contribution in [3.63, 3.8) is 0 Å². The van der Waals surface area contributed by atoms with Gasteiger partial charge in [0.05, 0.1) is 18.2 Å². The van der Waals surface area contributed by atoms with Crippen LogP contribution in [-0.2, 0) is 6.54 Å². The zero-order valence-corrected chi connectivity index (χ0v) is 10.4. The average molecular weight is 248 g/mol. The third-order valence-electron chi connectivity index (χ3n) is 2.43. The number of hydrogen-bond acceptors (Lipinski definition) is 2. The van der Waals surface area contributed by atoms with E-state index in [2.05, 4.69) is 17.2 Å². The average Bonchev–Trinajstić information content (AvgIpc) is 2.38. The van der Waals surface area contributed by atoms with Gasteiger partial charge in [-0.3, -0.25) is 0 Å². The number of nitrogens with two attached hydrogens (primary N) is 1. The molecule has 0 radical (unpaired) electrons. The van der Waals surface area contributed by atoms with Crippen LogP contribution in [0.5, 0.6) is 0 Å². The van der Waals surface area contributed by atoms with Crippen molar-refractivity contribution in [1.82, 2.24) is 5.32 Å². The van der Waals surface area contributed by atoms with Crippen molar-refractivity contribution < 1.29 is 4.39 Å². The molecule has 1 aromatic carbocycles. The molecule has 0 aromatic heterocycles. The highest BCUT2D eigenvalue weighted by Gasteiger charge is 2.03. The molecule has 0 amide bonds. The largest absolute Gasteiger partial charge is 0.370 e.